The molecule has 0 aliphatic carbocycles. The van der Waals surface area contributed by atoms with E-state index >= 15 is 0 Å². The summed E-state index contributed by atoms with van der Waals surface area (Å²) in [5.41, 5.74) is 1.75. The van der Waals surface area contributed by atoms with Crippen LogP contribution in [0.2, 0.25) is 0 Å². The van der Waals surface area contributed by atoms with Crippen LogP contribution in [0.5, 0.6) is 11.5 Å². The summed E-state index contributed by atoms with van der Waals surface area (Å²) in [5.74, 6) is 0.396. The maximum atomic E-state index is 12.6. The standard InChI is InChI=1S/C19H16N2O5S/c1-21-13-5-3-12(18(23)24-2)10-16(13)27-19(21)20-17(22)11-4-6-14-15(9-11)26-8-7-25-14/h3-6,9-10H,7-8H2,1-2H3. The summed E-state index contributed by atoms with van der Waals surface area (Å²) in [5, 5.41) is 0. The second-order valence-electron chi connectivity index (χ2n) is 5.89. The molecule has 27 heavy (non-hydrogen) atoms. The number of amides is 1. The highest BCUT2D eigenvalue weighted by molar-refractivity contribution is 7.16. The molecule has 2 heterocycles. The van der Waals surface area contributed by atoms with Gasteiger partial charge in [0.05, 0.1) is 22.9 Å². The third kappa shape index (κ3) is 3.19. The van der Waals surface area contributed by atoms with Gasteiger partial charge in [-0.1, -0.05) is 11.3 Å². The van der Waals surface area contributed by atoms with Gasteiger partial charge in [-0.15, -0.1) is 0 Å². The Hall–Kier alpha value is -3.13. The molecule has 0 bridgehead atoms. The van der Waals surface area contributed by atoms with Crippen molar-refractivity contribution in [2.75, 3.05) is 20.3 Å². The summed E-state index contributed by atoms with van der Waals surface area (Å²) in [6.07, 6.45) is 0. The fourth-order valence-electron chi connectivity index (χ4n) is 2.81. The zero-order valence-corrected chi connectivity index (χ0v) is 15.5. The van der Waals surface area contributed by atoms with Crippen LogP contribution in [0.15, 0.2) is 41.4 Å². The Bertz CT molecular complexity index is 1130. The van der Waals surface area contributed by atoms with Gasteiger partial charge < -0.3 is 18.8 Å². The number of benzene rings is 2. The van der Waals surface area contributed by atoms with E-state index in [0.29, 0.717) is 40.6 Å². The van der Waals surface area contributed by atoms with E-state index in [9.17, 15) is 9.59 Å². The minimum absolute atomic E-state index is 0.373. The topological polar surface area (TPSA) is 79.1 Å². The van der Waals surface area contributed by atoms with Gasteiger partial charge in [0.1, 0.15) is 13.2 Å². The number of rotatable bonds is 2. The number of thiazole rings is 1. The summed E-state index contributed by atoms with van der Waals surface area (Å²) < 4.78 is 18.4. The van der Waals surface area contributed by atoms with E-state index in [-0.39, 0.29) is 5.91 Å². The van der Waals surface area contributed by atoms with Crippen molar-refractivity contribution in [2.24, 2.45) is 12.0 Å². The van der Waals surface area contributed by atoms with E-state index in [2.05, 4.69) is 4.99 Å². The number of carbonyl (C=O) groups is 2. The first-order valence-corrected chi connectivity index (χ1v) is 9.05. The second kappa shape index (κ2) is 6.88. The molecule has 0 saturated carbocycles. The van der Waals surface area contributed by atoms with Crippen molar-refractivity contribution in [3.63, 3.8) is 0 Å². The smallest absolute Gasteiger partial charge is 0.337 e. The number of aromatic nitrogens is 1. The predicted octanol–water partition coefficient (Wildman–Crippen LogP) is 2.54. The Morgan fingerprint density at radius 2 is 1.81 bits per heavy atom. The summed E-state index contributed by atoms with van der Waals surface area (Å²) in [6, 6.07) is 10.3. The Labute approximate surface area is 158 Å². The number of esters is 1. The number of hydrogen-bond donors (Lipinski definition) is 0. The molecule has 2 aromatic carbocycles. The van der Waals surface area contributed by atoms with Gasteiger partial charge in [-0.25, -0.2) is 4.79 Å². The van der Waals surface area contributed by atoms with Crippen LogP contribution in [-0.2, 0) is 11.8 Å². The van der Waals surface area contributed by atoms with Gasteiger partial charge in [0, 0.05) is 12.6 Å². The molecule has 1 amide bonds. The van der Waals surface area contributed by atoms with Crippen LogP contribution >= 0.6 is 11.3 Å². The van der Waals surface area contributed by atoms with Crippen LogP contribution in [0, 0.1) is 0 Å². The number of aryl methyl sites for hydroxylation is 1. The van der Waals surface area contributed by atoms with Crippen LogP contribution in [0.25, 0.3) is 10.2 Å². The predicted molar refractivity (Wildman–Crippen MR) is 99.5 cm³/mol. The molecule has 0 N–H and O–H groups in total. The van der Waals surface area contributed by atoms with Crippen molar-refractivity contribution in [3.05, 3.63) is 52.3 Å². The van der Waals surface area contributed by atoms with Crippen molar-refractivity contribution in [1.29, 1.82) is 0 Å². The molecule has 0 atom stereocenters. The minimum Gasteiger partial charge on any atom is -0.486 e. The lowest BCUT2D eigenvalue weighted by atomic mass is 10.2. The van der Waals surface area contributed by atoms with Crippen LogP contribution in [0.1, 0.15) is 20.7 Å². The average Bonchev–Trinajstić information content (AvgIpc) is 3.01. The van der Waals surface area contributed by atoms with Crippen molar-refractivity contribution in [2.45, 2.75) is 0 Å². The molecule has 3 aromatic rings. The maximum Gasteiger partial charge on any atom is 0.337 e. The number of fused-ring (bicyclic) bond motifs is 2. The highest BCUT2D eigenvalue weighted by Gasteiger charge is 2.15. The molecule has 7 nitrogen and oxygen atoms in total. The van der Waals surface area contributed by atoms with E-state index in [0.717, 1.165) is 10.2 Å². The molecular weight excluding hydrogens is 368 g/mol. The van der Waals surface area contributed by atoms with Crippen molar-refractivity contribution in [3.8, 4) is 11.5 Å². The fraction of sp³-hybridized carbons (Fsp3) is 0.211. The van der Waals surface area contributed by atoms with Gasteiger partial charge >= 0.3 is 5.97 Å². The number of hydrogen-bond acceptors (Lipinski definition) is 6. The molecule has 0 saturated heterocycles. The molecule has 1 aromatic heterocycles. The first-order valence-electron chi connectivity index (χ1n) is 8.23. The molecule has 4 rings (SSSR count). The number of methoxy groups -OCH3 is 1. The molecule has 0 spiro atoms. The Balaban J connectivity index is 1.72. The van der Waals surface area contributed by atoms with Crippen LogP contribution in [0.3, 0.4) is 0 Å². The van der Waals surface area contributed by atoms with E-state index in [1.165, 1.54) is 18.4 Å². The van der Waals surface area contributed by atoms with Crippen molar-refractivity contribution >= 4 is 33.4 Å². The van der Waals surface area contributed by atoms with Gasteiger partial charge in [0.2, 0.25) is 0 Å². The van der Waals surface area contributed by atoms with E-state index < -0.39 is 5.97 Å². The first kappa shape index (κ1) is 17.3. The van der Waals surface area contributed by atoms with E-state index in [1.54, 1.807) is 30.3 Å². The van der Waals surface area contributed by atoms with E-state index in [1.807, 2.05) is 17.7 Å². The van der Waals surface area contributed by atoms with Gasteiger partial charge in [-0.3, -0.25) is 4.79 Å². The molecule has 1 aliphatic heterocycles. The minimum atomic E-state index is -0.404. The Morgan fingerprint density at radius 3 is 2.59 bits per heavy atom. The summed E-state index contributed by atoms with van der Waals surface area (Å²) >= 11 is 1.33. The average molecular weight is 384 g/mol. The van der Waals surface area contributed by atoms with Crippen LogP contribution < -0.4 is 14.3 Å². The third-order valence-corrected chi connectivity index (χ3v) is 5.31. The lowest BCUT2D eigenvalue weighted by Crippen LogP contribution is -2.16. The molecule has 0 fully saturated rings. The third-order valence-electron chi connectivity index (χ3n) is 4.22. The highest BCUT2D eigenvalue weighted by atomic mass is 32.1. The lowest BCUT2D eigenvalue weighted by Gasteiger charge is -2.18. The SMILES string of the molecule is COC(=O)c1ccc2c(c1)sc(=NC(=O)c1ccc3c(c1)OCCO3)n2C. The van der Waals surface area contributed by atoms with Gasteiger partial charge in [-0.05, 0) is 36.4 Å². The number of carbonyl (C=O) groups excluding carboxylic acids is 2. The monoisotopic (exact) mass is 384 g/mol. The fourth-order valence-corrected chi connectivity index (χ4v) is 3.87. The van der Waals surface area contributed by atoms with Crippen molar-refractivity contribution in [1.82, 2.24) is 4.57 Å². The largest absolute Gasteiger partial charge is 0.486 e. The molecule has 1 aliphatic rings. The molecule has 0 unspecified atom stereocenters. The first-order chi connectivity index (χ1) is 13.1. The van der Waals surface area contributed by atoms with Crippen LogP contribution in [-0.4, -0.2) is 36.8 Å². The zero-order valence-electron chi connectivity index (χ0n) is 14.7. The van der Waals surface area contributed by atoms with Crippen LogP contribution in [0.4, 0.5) is 0 Å². The maximum absolute atomic E-state index is 12.6. The second-order valence-corrected chi connectivity index (χ2v) is 6.90. The summed E-state index contributed by atoms with van der Waals surface area (Å²) in [7, 11) is 3.17. The van der Waals surface area contributed by atoms with E-state index in [4.69, 9.17) is 14.2 Å². The molecule has 8 heteroatoms. The van der Waals surface area contributed by atoms with Gasteiger partial charge in [0.15, 0.2) is 16.3 Å². The summed E-state index contributed by atoms with van der Waals surface area (Å²) in [4.78, 5) is 29.1. The number of ether oxygens (including phenoxy) is 3. The number of nitrogens with zero attached hydrogens (tertiary/aromatic N) is 2. The Kier molecular flexibility index (Phi) is 4.41. The molecular formula is C19H16N2O5S. The summed E-state index contributed by atoms with van der Waals surface area (Å²) in [6.45, 7) is 0.950. The van der Waals surface area contributed by atoms with Gasteiger partial charge in [-0.2, -0.15) is 4.99 Å². The Morgan fingerprint density at radius 1 is 1.07 bits per heavy atom. The van der Waals surface area contributed by atoms with Crippen molar-refractivity contribution < 1.29 is 23.8 Å². The lowest BCUT2D eigenvalue weighted by molar-refractivity contribution is 0.0601. The quantitative estimate of drug-likeness (QED) is 0.635. The highest BCUT2D eigenvalue weighted by Crippen LogP contribution is 2.31. The van der Waals surface area contributed by atoms with Gasteiger partial charge in [0.25, 0.3) is 5.91 Å². The molecule has 138 valence electrons. The normalized spacial score (nSPS) is 13.6. The zero-order chi connectivity index (χ0) is 19.0. The molecule has 0 radical (unpaired) electrons.